The van der Waals surface area contributed by atoms with Crippen LogP contribution in [0.25, 0.3) is 0 Å². The van der Waals surface area contributed by atoms with Crippen LogP contribution < -0.4 is 15.8 Å². The number of rotatable bonds is 5. The Morgan fingerprint density at radius 1 is 1.33 bits per heavy atom. The van der Waals surface area contributed by atoms with Gasteiger partial charge in [-0.05, 0) is 12.1 Å². The number of carbonyl (C=O) groups is 2. The maximum atomic E-state index is 11.3. The monoisotopic (exact) mass is 252 g/mol. The van der Waals surface area contributed by atoms with Gasteiger partial charge in [0, 0.05) is 13.0 Å². The van der Waals surface area contributed by atoms with Crippen LogP contribution in [-0.4, -0.2) is 25.2 Å². The highest BCUT2D eigenvalue weighted by atomic mass is 16.6. The van der Waals surface area contributed by atoms with Crippen LogP contribution in [0.3, 0.4) is 0 Å². The van der Waals surface area contributed by atoms with Crippen LogP contribution in [0, 0.1) is 0 Å². The van der Waals surface area contributed by atoms with E-state index in [1.807, 2.05) is 0 Å². The molecule has 0 atom stereocenters. The number of carbonyl (C=O) groups excluding carboxylic acids is 2. The standard InChI is InChI=1S/C12H16N2O4/c1-2-11(15)18-10-6-4-3-5-9(10)14-12(16)17-8-7-13/h3-6H,2,7-8,13H2,1H3,(H,14,16). The number of benzene rings is 1. The Morgan fingerprint density at radius 3 is 2.72 bits per heavy atom. The van der Waals surface area contributed by atoms with Crippen LogP contribution in [0.4, 0.5) is 10.5 Å². The lowest BCUT2D eigenvalue weighted by atomic mass is 10.3. The van der Waals surface area contributed by atoms with Crippen molar-refractivity contribution in [2.24, 2.45) is 5.73 Å². The van der Waals surface area contributed by atoms with Gasteiger partial charge in [0.25, 0.3) is 0 Å². The normalized spacial score (nSPS) is 9.67. The second kappa shape index (κ2) is 7.29. The van der Waals surface area contributed by atoms with Gasteiger partial charge < -0.3 is 15.2 Å². The summed E-state index contributed by atoms with van der Waals surface area (Å²) in [6, 6.07) is 6.62. The molecule has 0 unspecified atom stereocenters. The van der Waals surface area contributed by atoms with E-state index in [-0.39, 0.29) is 31.3 Å². The Morgan fingerprint density at radius 2 is 2.06 bits per heavy atom. The molecular formula is C12H16N2O4. The Balaban J connectivity index is 2.69. The number of anilines is 1. The van der Waals surface area contributed by atoms with Crippen LogP contribution in [0.5, 0.6) is 5.75 Å². The Labute approximate surface area is 105 Å². The number of hydrogen-bond acceptors (Lipinski definition) is 5. The fourth-order valence-corrected chi connectivity index (χ4v) is 1.15. The summed E-state index contributed by atoms with van der Waals surface area (Å²) in [6.45, 7) is 2.07. The third-order valence-electron chi connectivity index (χ3n) is 1.99. The van der Waals surface area contributed by atoms with E-state index < -0.39 is 6.09 Å². The van der Waals surface area contributed by atoms with Gasteiger partial charge in [-0.3, -0.25) is 10.1 Å². The summed E-state index contributed by atoms with van der Waals surface area (Å²) in [4.78, 5) is 22.6. The molecule has 98 valence electrons. The van der Waals surface area contributed by atoms with Crippen molar-refractivity contribution in [3.05, 3.63) is 24.3 Å². The minimum absolute atomic E-state index is 0.128. The van der Waals surface area contributed by atoms with E-state index >= 15 is 0 Å². The molecule has 3 N–H and O–H groups in total. The molecule has 0 spiro atoms. The number of nitrogens with one attached hydrogen (secondary N) is 1. The first-order chi connectivity index (χ1) is 8.67. The number of hydrogen-bond donors (Lipinski definition) is 2. The zero-order valence-corrected chi connectivity index (χ0v) is 10.1. The molecule has 1 aromatic carbocycles. The highest BCUT2D eigenvalue weighted by Crippen LogP contribution is 2.24. The highest BCUT2D eigenvalue weighted by Gasteiger charge is 2.10. The van der Waals surface area contributed by atoms with Gasteiger partial charge in [-0.1, -0.05) is 19.1 Å². The van der Waals surface area contributed by atoms with Gasteiger partial charge >= 0.3 is 12.1 Å². The van der Waals surface area contributed by atoms with Crippen LogP contribution >= 0.6 is 0 Å². The van der Waals surface area contributed by atoms with Gasteiger partial charge in [-0.15, -0.1) is 0 Å². The van der Waals surface area contributed by atoms with Crippen LogP contribution in [0.15, 0.2) is 24.3 Å². The zero-order chi connectivity index (χ0) is 13.4. The average molecular weight is 252 g/mol. The first kappa shape index (κ1) is 14.0. The summed E-state index contributed by atoms with van der Waals surface area (Å²) < 4.78 is 9.83. The van der Waals surface area contributed by atoms with Gasteiger partial charge in [0.1, 0.15) is 6.61 Å². The Bertz CT molecular complexity index is 420. The third kappa shape index (κ3) is 4.42. The summed E-state index contributed by atoms with van der Waals surface area (Å²) in [7, 11) is 0. The molecule has 1 rings (SSSR count). The van der Waals surface area contributed by atoms with E-state index in [4.69, 9.17) is 15.2 Å². The van der Waals surface area contributed by atoms with Gasteiger partial charge in [0.05, 0.1) is 5.69 Å². The van der Waals surface area contributed by atoms with Crippen molar-refractivity contribution >= 4 is 17.7 Å². The van der Waals surface area contributed by atoms with E-state index in [2.05, 4.69) is 5.32 Å². The molecular weight excluding hydrogens is 236 g/mol. The van der Waals surface area contributed by atoms with E-state index in [9.17, 15) is 9.59 Å². The maximum Gasteiger partial charge on any atom is 0.411 e. The predicted molar refractivity (Wildman–Crippen MR) is 66.4 cm³/mol. The van der Waals surface area contributed by atoms with Crippen molar-refractivity contribution in [2.75, 3.05) is 18.5 Å². The number of ether oxygens (including phenoxy) is 2. The van der Waals surface area contributed by atoms with Crippen molar-refractivity contribution in [1.82, 2.24) is 0 Å². The zero-order valence-electron chi connectivity index (χ0n) is 10.1. The van der Waals surface area contributed by atoms with E-state index in [1.165, 1.54) is 0 Å². The van der Waals surface area contributed by atoms with Crippen LogP contribution in [-0.2, 0) is 9.53 Å². The maximum absolute atomic E-state index is 11.3. The Kier molecular flexibility index (Phi) is 5.66. The first-order valence-electron chi connectivity index (χ1n) is 5.61. The summed E-state index contributed by atoms with van der Waals surface area (Å²) in [6.07, 6.45) is -0.383. The van der Waals surface area contributed by atoms with Gasteiger partial charge in [-0.2, -0.15) is 0 Å². The lowest BCUT2D eigenvalue weighted by molar-refractivity contribution is -0.133. The van der Waals surface area contributed by atoms with Crippen molar-refractivity contribution in [1.29, 1.82) is 0 Å². The predicted octanol–water partition coefficient (Wildman–Crippen LogP) is 1.51. The smallest absolute Gasteiger partial charge is 0.411 e. The molecule has 1 amide bonds. The van der Waals surface area contributed by atoms with Gasteiger partial charge in [-0.25, -0.2) is 4.79 Å². The molecule has 6 nitrogen and oxygen atoms in total. The van der Waals surface area contributed by atoms with E-state index in [1.54, 1.807) is 31.2 Å². The van der Waals surface area contributed by atoms with Crippen molar-refractivity contribution in [3.63, 3.8) is 0 Å². The molecule has 0 fully saturated rings. The number of nitrogens with two attached hydrogens (primary N) is 1. The second-order valence-electron chi connectivity index (χ2n) is 3.37. The summed E-state index contributed by atoms with van der Waals surface area (Å²) in [5, 5.41) is 2.48. The lowest BCUT2D eigenvalue weighted by Crippen LogP contribution is -2.19. The molecule has 6 heteroatoms. The van der Waals surface area contributed by atoms with Crippen LogP contribution in [0.2, 0.25) is 0 Å². The minimum atomic E-state index is -0.638. The number of amides is 1. The average Bonchev–Trinajstić information content (AvgIpc) is 2.38. The van der Waals surface area contributed by atoms with Crippen LogP contribution in [0.1, 0.15) is 13.3 Å². The largest absolute Gasteiger partial charge is 0.448 e. The first-order valence-corrected chi connectivity index (χ1v) is 5.61. The topological polar surface area (TPSA) is 90.6 Å². The highest BCUT2D eigenvalue weighted by molar-refractivity contribution is 5.87. The number of para-hydroxylation sites is 2. The molecule has 0 heterocycles. The molecule has 0 radical (unpaired) electrons. The molecule has 0 saturated carbocycles. The molecule has 0 bridgehead atoms. The van der Waals surface area contributed by atoms with E-state index in [0.29, 0.717) is 5.69 Å². The summed E-state index contributed by atoms with van der Waals surface area (Å²) >= 11 is 0. The molecule has 0 aliphatic heterocycles. The van der Waals surface area contributed by atoms with Crippen molar-refractivity contribution < 1.29 is 19.1 Å². The minimum Gasteiger partial charge on any atom is -0.448 e. The lowest BCUT2D eigenvalue weighted by Gasteiger charge is -2.10. The summed E-state index contributed by atoms with van der Waals surface area (Å²) in [5.74, 6) is -0.0892. The fourth-order valence-electron chi connectivity index (χ4n) is 1.15. The molecule has 1 aromatic rings. The van der Waals surface area contributed by atoms with Crippen molar-refractivity contribution in [2.45, 2.75) is 13.3 Å². The van der Waals surface area contributed by atoms with Crippen molar-refractivity contribution in [3.8, 4) is 5.75 Å². The SMILES string of the molecule is CCC(=O)Oc1ccccc1NC(=O)OCCN. The third-order valence-corrected chi connectivity index (χ3v) is 1.99. The second-order valence-corrected chi connectivity index (χ2v) is 3.37. The van der Waals surface area contributed by atoms with Gasteiger partial charge in [0.15, 0.2) is 5.75 Å². The van der Waals surface area contributed by atoms with Gasteiger partial charge in [0.2, 0.25) is 0 Å². The molecule has 18 heavy (non-hydrogen) atoms. The number of esters is 1. The summed E-state index contributed by atoms with van der Waals surface area (Å²) in [5.41, 5.74) is 5.59. The molecule has 0 saturated heterocycles. The quantitative estimate of drug-likeness (QED) is 0.612. The molecule has 0 aliphatic carbocycles. The molecule has 0 aliphatic rings. The molecule has 0 aromatic heterocycles. The Hall–Kier alpha value is -2.08. The van der Waals surface area contributed by atoms with E-state index in [0.717, 1.165) is 0 Å². The fraction of sp³-hybridized carbons (Fsp3) is 0.333.